The van der Waals surface area contributed by atoms with E-state index in [4.69, 9.17) is 5.73 Å². The van der Waals surface area contributed by atoms with Gasteiger partial charge in [0.25, 0.3) is 5.91 Å². The Morgan fingerprint density at radius 2 is 2.22 bits per heavy atom. The molecular weight excluding hydrogens is 316 g/mol. The van der Waals surface area contributed by atoms with Gasteiger partial charge < -0.3 is 11.1 Å². The number of nitrogen functional groups attached to an aromatic ring is 1. The maximum absolute atomic E-state index is 11.9. The molecule has 18 heavy (non-hydrogen) atoms. The van der Waals surface area contributed by atoms with E-state index in [-0.39, 0.29) is 11.2 Å². The molecule has 0 aliphatic carbocycles. The van der Waals surface area contributed by atoms with Gasteiger partial charge in [-0.05, 0) is 34.5 Å². The van der Waals surface area contributed by atoms with Crippen molar-refractivity contribution < 1.29 is 9.00 Å². The molecule has 0 fully saturated rings. The highest BCUT2D eigenvalue weighted by Gasteiger charge is 2.12. The first-order valence-electron chi connectivity index (χ1n) is 5.58. The Morgan fingerprint density at radius 3 is 2.83 bits per heavy atom. The molecule has 0 spiro atoms. The molecule has 0 heterocycles. The van der Waals surface area contributed by atoms with Crippen LogP contribution < -0.4 is 11.1 Å². The highest BCUT2D eigenvalue weighted by Crippen LogP contribution is 2.23. The van der Waals surface area contributed by atoms with Gasteiger partial charge in [0, 0.05) is 34.5 Å². The predicted octanol–water partition coefficient (Wildman–Crippen LogP) is 1.92. The number of nitrogens with two attached hydrogens (primary N) is 1. The van der Waals surface area contributed by atoms with Crippen molar-refractivity contribution >= 4 is 38.3 Å². The van der Waals surface area contributed by atoms with E-state index < -0.39 is 10.8 Å². The van der Waals surface area contributed by atoms with Crippen LogP contribution in [0, 0.1) is 0 Å². The van der Waals surface area contributed by atoms with Gasteiger partial charge >= 0.3 is 0 Å². The molecular formula is C12H17BrN2O2S. The molecule has 0 aliphatic rings. The van der Waals surface area contributed by atoms with Crippen molar-refractivity contribution in [2.24, 2.45) is 0 Å². The summed E-state index contributed by atoms with van der Waals surface area (Å²) in [6.07, 6.45) is 2.36. The normalized spacial score (nSPS) is 13.9. The number of hydrogen-bond donors (Lipinski definition) is 2. The molecule has 100 valence electrons. The van der Waals surface area contributed by atoms with Crippen molar-refractivity contribution in [2.75, 3.05) is 18.5 Å². The summed E-state index contributed by atoms with van der Waals surface area (Å²) in [4.78, 5) is 11.9. The van der Waals surface area contributed by atoms with Crippen molar-refractivity contribution in [3.8, 4) is 0 Å². The third-order valence-corrected chi connectivity index (χ3v) is 4.93. The fraction of sp³-hybridized carbons (Fsp3) is 0.417. The summed E-state index contributed by atoms with van der Waals surface area (Å²) < 4.78 is 11.8. The fourth-order valence-electron chi connectivity index (χ4n) is 1.38. The third-order valence-electron chi connectivity index (χ3n) is 2.68. The molecule has 2 unspecified atom stereocenters. The maximum Gasteiger partial charge on any atom is 0.252 e. The molecule has 1 aromatic rings. The Morgan fingerprint density at radius 1 is 1.56 bits per heavy atom. The number of hydrogen-bond acceptors (Lipinski definition) is 3. The number of carbonyl (C=O) groups is 1. The van der Waals surface area contributed by atoms with E-state index >= 15 is 0 Å². The third kappa shape index (κ3) is 4.10. The van der Waals surface area contributed by atoms with E-state index in [2.05, 4.69) is 21.2 Å². The number of amides is 1. The Balaban J connectivity index is 2.56. The molecule has 4 nitrogen and oxygen atoms in total. The molecule has 1 aromatic carbocycles. The lowest BCUT2D eigenvalue weighted by molar-refractivity contribution is 0.0952. The van der Waals surface area contributed by atoms with Crippen LogP contribution in [0.5, 0.6) is 0 Å². The lowest BCUT2D eigenvalue weighted by Crippen LogP contribution is -2.27. The van der Waals surface area contributed by atoms with Gasteiger partial charge in [0.2, 0.25) is 0 Å². The first kappa shape index (κ1) is 15.2. The standard InChI is InChI=1S/C12H17BrN2O2S/c1-8(18(2)17)6-7-15-12(16)9-4-3-5-10(14)11(9)13/h3-5,8H,6-7,14H2,1-2H3,(H,15,16). The highest BCUT2D eigenvalue weighted by atomic mass is 79.9. The van der Waals surface area contributed by atoms with Crippen LogP contribution in [0.2, 0.25) is 0 Å². The first-order valence-corrected chi connectivity index (χ1v) is 7.99. The van der Waals surface area contributed by atoms with Crippen molar-refractivity contribution in [3.05, 3.63) is 28.2 Å². The van der Waals surface area contributed by atoms with Crippen LogP contribution in [0.4, 0.5) is 5.69 Å². The number of rotatable bonds is 5. The van der Waals surface area contributed by atoms with Gasteiger partial charge in [0.05, 0.1) is 10.0 Å². The molecule has 2 atom stereocenters. The summed E-state index contributed by atoms with van der Waals surface area (Å²) in [5.74, 6) is -0.178. The molecule has 0 bridgehead atoms. The predicted molar refractivity (Wildman–Crippen MR) is 79.0 cm³/mol. The van der Waals surface area contributed by atoms with Gasteiger partial charge in [0.15, 0.2) is 0 Å². The number of benzene rings is 1. The highest BCUT2D eigenvalue weighted by molar-refractivity contribution is 9.10. The van der Waals surface area contributed by atoms with Crippen LogP contribution in [-0.4, -0.2) is 28.2 Å². The number of halogens is 1. The van der Waals surface area contributed by atoms with Gasteiger partial charge in [-0.15, -0.1) is 0 Å². The van der Waals surface area contributed by atoms with E-state index in [9.17, 15) is 9.00 Å². The van der Waals surface area contributed by atoms with E-state index in [0.717, 1.165) is 0 Å². The van der Waals surface area contributed by atoms with Gasteiger partial charge in [0.1, 0.15) is 0 Å². The number of anilines is 1. The van der Waals surface area contributed by atoms with Crippen molar-refractivity contribution in [1.82, 2.24) is 5.32 Å². The van der Waals surface area contributed by atoms with Crippen molar-refractivity contribution in [3.63, 3.8) is 0 Å². The smallest absolute Gasteiger partial charge is 0.252 e. The Hall–Kier alpha value is -0.880. The Bertz CT molecular complexity index is 465. The topological polar surface area (TPSA) is 72.2 Å². The molecule has 0 radical (unpaired) electrons. The second-order valence-electron chi connectivity index (χ2n) is 4.06. The zero-order valence-electron chi connectivity index (χ0n) is 10.4. The maximum atomic E-state index is 11.9. The van der Waals surface area contributed by atoms with Crippen LogP contribution in [0.3, 0.4) is 0 Å². The average Bonchev–Trinajstić information content (AvgIpc) is 2.32. The monoisotopic (exact) mass is 332 g/mol. The zero-order chi connectivity index (χ0) is 13.7. The zero-order valence-corrected chi connectivity index (χ0v) is 12.8. The molecule has 0 saturated heterocycles. The van der Waals surface area contributed by atoms with Crippen LogP contribution in [0.15, 0.2) is 22.7 Å². The van der Waals surface area contributed by atoms with E-state index in [1.165, 1.54) is 0 Å². The lowest BCUT2D eigenvalue weighted by atomic mass is 10.2. The Kier molecular flexibility index (Phi) is 5.81. The van der Waals surface area contributed by atoms with Crippen LogP contribution in [-0.2, 0) is 10.8 Å². The number of carbonyl (C=O) groups excluding carboxylic acids is 1. The largest absolute Gasteiger partial charge is 0.398 e. The molecule has 1 amide bonds. The first-order chi connectivity index (χ1) is 8.43. The number of nitrogens with one attached hydrogen (secondary N) is 1. The summed E-state index contributed by atoms with van der Waals surface area (Å²) in [7, 11) is -0.858. The van der Waals surface area contributed by atoms with Gasteiger partial charge in [-0.3, -0.25) is 9.00 Å². The minimum Gasteiger partial charge on any atom is -0.398 e. The van der Waals surface area contributed by atoms with Crippen molar-refractivity contribution in [1.29, 1.82) is 0 Å². The van der Waals surface area contributed by atoms with Crippen LogP contribution >= 0.6 is 15.9 Å². The van der Waals surface area contributed by atoms with Crippen molar-refractivity contribution in [2.45, 2.75) is 18.6 Å². The summed E-state index contributed by atoms with van der Waals surface area (Å²) >= 11 is 3.29. The average molecular weight is 333 g/mol. The molecule has 0 aliphatic heterocycles. The fourth-order valence-corrected chi connectivity index (χ4v) is 2.27. The molecule has 0 aromatic heterocycles. The molecule has 3 N–H and O–H groups in total. The minimum atomic E-state index is -0.858. The van der Waals surface area contributed by atoms with Crippen LogP contribution in [0.1, 0.15) is 23.7 Å². The molecule has 6 heteroatoms. The van der Waals surface area contributed by atoms with Gasteiger partial charge in [-0.25, -0.2) is 0 Å². The molecule has 1 rings (SSSR count). The van der Waals surface area contributed by atoms with Crippen LogP contribution in [0.25, 0.3) is 0 Å². The summed E-state index contributed by atoms with van der Waals surface area (Å²) in [5.41, 5.74) is 6.76. The quantitative estimate of drug-likeness (QED) is 0.809. The van der Waals surface area contributed by atoms with Gasteiger partial charge in [-0.2, -0.15) is 0 Å². The summed E-state index contributed by atoms with van der Waals surface area (Å²) in [6, 6.07) is 5.17. The summed E-state index contributed by atoms with van der Waals surface area (Å²) in [5, 5.41) is 2.87. The lowest BCUT2D eigenvalue weighted by Gasteiger charge is -2.10. The SMILES string of the molecule is CC(CCNC(=O)c1cccc(N)c1Br)S(C)=O. The minimum absolute atomic E-state index is 0.0783. The Labute approximate surface area is 118 Å². The molecule has 0 saturated carbocycles. The van der Waals surface area contributed by atoms with E-state index in [1.807, 2.05) is 6.92 Å². The van der Waals surface area contributed by atoms with E-state index in [0.29, 0.717) is 28.7 Å². The van der Waals surface area contributed by atoms with Gasteiger partial charge in [-0.1, -0.05) is 13.0 Å². The van der Waals surface area contributed by atoms with E-state index in [1.54, 1.807) is 24.5 Å². The second kappa shape index (κ2) is 6.89. The summed E-state index contributed by atoms with van der Waals surface area (Å²) in [6.45, 7) is 2.40. The second-order valence-corrected chi connectivity index (χ2v) is 6.66.